The maximum Gasteiger partial charge on any atom is 0.128 e. The quantitative estimate of drug-likeness (QED) is 0.885. The Morgan fingerprint density at radius 3 is 2.56 bits per heavy atom. The largest absolute Gasteiger partial charge is 0.359 e. The zero-order valence-corrected chi connectivity index (χ0v) is 11.2. The Morgan fingerprint density at radius 2 is 2.06 bits per heavy atom. The molecule has 1 aromatic rings. The van der Waals surface area contributed by atoms with Crippen LogP contribution >= 0.6 is 11.6 Å². The van der Waals surface area contributed by atoms with Crippen molar-refractivity contribution in [3.8, 4) is 0 Å². The number of aromatic nitrogens is 1. The van der Waals surface area contributed by atoms with Crippen molar-refractivity contribution < 1.29 is 0 Å². The van der Waals surface area contributed by atoms with Crippen molar-refractivity contribution >= 4 is 17.4 Å². The summed E-state index contributed by atoms with van der Waals surface area (Å²) >= 11 is 5.97. The molecule has 0 spiro atoms. The lowest BCUT2D eigenvalue weighted by atomic mass is 9.96. The van der Waals surface area contributed by atoms with Gasteiger partial charge in [-0.15, -0.1) is 0 Å². The third-order valence-electron chi connectivity index (χ3n) is 2.24. The number of rotatable bonds is 3. The lowest BCUT2D eigenvalue weighted by molar-refractivity contribution is 0.418. The van der Waals surface area contributed by atoms with E-state index in [1.165, 1.54) is 0 Å². The number of pyridine rings is 1. The highest BCUT2D eigenvalue weighted by molar-refractivity contribution is 6.31. The van der Waals surface area contributed by atoms with E-state index >= 15 is 0 Å². The molecule has 0 saturated heterocycles. The van der Waals surface area contributed by atoms with Crippen molar-refractivity contribution in [3.63, 3.8) is 0 Å². The first-order chi connectivity index (χ1) is 7.33. The molecule has 0 aliphatic heterocycles. The number of halogens is 1. The number of nitrogens with two attached hydrogens (primary N) is 1. The van der Waals surface area contributed by atoms with E-state index in [1.54, 1.807) is 6.20 Å². The molecule has 90 valence electrons. The highest BCUT2D eigenvalue weighted by atomic mass is 35.5. The Kier molecular flexibility index (Phi) is 4.16. The number of nitrogens with zero attached hydrogens (tertiary/aromatic N) is 2. The lowest BCUT2D eigenvalue weighted by Crippen LogP contribution is -2.29. The first kappa shape index (κ1) is 13.3. The average molecular weight is 242 g/mol. The number of hydrogen-bond donors (Lipinski definition) is 1. The van der Waals surface area contributed by atoms with Crippen LogP contribution in [0.15, 0.2) is 12.3 Å². The molecule has 0 amide bonds. The summed E-state index contributed by atoms with van der Waals surface area (Å²) in [6.45, 7) is 7.97. The van der Waals surface area contributed by atoms with Crippen LogP contribution in [0.4, 0.5) is 5.82 Å². The molecule has 0 unspecified atom stereocenters. The van der Waals surface area contributed by atoms with Gasteiger partial charge in [-0.05, 0) is 17.0 Å². The summed E-state index contributed by atoms with van der Waals surface area (Å²) in [5, 5.41) is 0.635. The Balaban J connectivity index is 2.88. The lowest BCUT2D eigenvalue weighted by Gasteiger charge is -2.27. The smallest absolute Gasteiger partial charge is 0.128 e. The molecule has 0 saturated carbocycles. The SMILES string of the molecule is CN(CC(C)(C)C)c1cc(CN)c(Cl)cn1. The molecule has 0 aromatic carbocycles. The molecular weight excluding hydrogens is 222 g/mol. The molecule has 0 aliphatic rings. The van der Waals surface area contributed by atoms with E-state index in [1.807, 2.05) is 13.1 Å². The first-order valence-corrected chi connectivity index (χ1v) is 5.77. The molecule has 0 radical (unpaired) electrons. The molecule has 1 rings (SSSR count). The van der Waals surface area contributed by atoms with Crippen molar-refractivity contribution in [1.29, 1.82) is 0 Å². The Bertz CT molecular complexity index is 358. The zero-order chi connectivity index (χ0) is 12.3. The monoisotopic (exact) mass is 241 g/mol. The van der Waals surface area contributed by atoms with Crippen molar-refractivity contribution in [2.24, 2.45) is 11.1 Å². The standard InChI is InChI=1S/C12H20ClN3/c1-12(2,3)8-16(4)11-5-9(6-14)10(13)7-15-11/h5,7H,6,8,14H2,1-4H3. The predicted octanol–water partition coefficient (Wildman–Crippen LogP) is 2.68. The van der Waals surface area contributed by atoms with Gasteiger partial charge in [-0.3, -0.25) is 0 Å². The second-order valence-corrected chi connectivity index (χ2v) is 5.66. The maximum absolute atomic E-state index is 5.97. The minimum Gasteiger partial charge on any atom is -0.359 e. The second kappa shape index (κ2) is 5.02. The van der Waals surface area contributed by atoms with E-state index in [-0.39, 0.29) is 5.41 Å². The summed E-state index contributed by atoms with van der Waals surface area (Å²) in [6, 6.07) is 1.95. The van der Waals surface area contributed by atoms with Crippen LogP contribution in [0.25, 0.3) is 0 Å². The van der Waals surface area contributed by atoms with Gasteiger partial charge in [-0.2, -0.15) is 0 Å². The summed E-state index contributed by atoms with van der Waals surface area (Å²) in [4.78, 5) is 6.43. The number of hydrogen-bond acceptors (Lipinski definition) is 3. The molecule has 0 atom stereocenters. The summed E-state index contributed by atoms with van der Waals surface area (Å²) in [6.07, 6.45) is 1.66. The summed E-state index contributed by atoms with van der Waals surface area (Å²) in [5.41, 5.74) is 6.79. The summed E-state index contributed by atoms with van der Waals surface area (Å²) < 4.78 is 0. The van der Waals surface area contributed by atoms with Crippen LogP contribution < -0.4 is 10.6 Å². The van der Waals surface area contributed by atoms with Crippen molar-refractivity contribution in [2.75, 3.05) is 18.5 Å². The first-order valence-electron chi connectivity index (χ1n) is 5.39. The second-order valence-electron chi connectivity index (χ2n) is 5.25. The van der Waals surface area contributed by atoms with Gasteiger partial charge in [0.05, 0.1) is 5.02 Å². The van der Waals surface area contributed by atoms with E-state index in [2.05, 4.69) is 30.7 Å². The Morgan fingerprint density at radius 1 is 1.44 bits per heavy atom. The van der Waals surface area contributed by atoms with Crippen molar-refractivity contribution in [3.05, 3.63) is 22.8 Å². The molecule has 3 nitrogen and oxygen atoms in total. The van der Waals surface area contributed by atoms with Crippen LogP contribution in [0, 0.1) is 5.41 Å². The van der Waals surface area contributed by atoms with Crippen LogP contribution in [0.2, 0.25) is 5.02 Å². The highest BCUT2D eigenvalue weighted by Crippen LogP contribution is 2.22. The van der Waals surface area contributed by atoms with E-state index < -0.39 is 0 Å². The Labute approximate surface area is 103 Å². The molecule has 4 heteroatoms. The van der Waals surface area contributed by atoms with Gasteiger partial charge in [0.1, 0.15) is 5.82 Å². The third-order valence-corrected chi connectivity index (χ3v) is 2.58. The van der Waals surface area contributed by atoms with E-state index in [0.29, 0.717) is 11.6 Å². The molecule has 1 aromatic heterocycles. The summed E-state index contributed by atoms with van der Waals surface area (Å²) in [7, 11) is 2.03. The summed E-state index contributed by atoms with van der Waals surface area (Å²) in [5.74, 6) is 0.916. The zero-order valence-electron chi connectivity index (χ0n) is 10.4. The van der Waals surface area contributed by atoms with Crippen LogP contribution in [0.5, 0.6) is 0 Å². The maximum atomic E-state index is 5.97. The van der Waals surface area contributed by atoms with Gasteiger partial charge in [0.25, 0.3) is 0 Å². The average Bonchev–Trinajstić information content (AvgIpc) is 2.15. The minimum atomic E-state index is 0.235. The minimum absolute atomic E-state index is 0.235. The van der Waals surface area contributed by atoms with E-state index in [4.69, 9.17) is 17.3 Å². The highest BCUT2D eigenvalue weighted by Gasteiger charge is 2.15. The normalized spacial score (nSPS) is 11.6. The van der Waals surface area contributed by atoms with Gasteiger partial charge in [0.2, 0.25) is 0 Å². The topological polar surface area (TPSA) is 42.1 Å². The van der Waals surface area contributed by atoms with Crippen LogP contribution in [0.1, 0.15) is 26.3 Å². The molecule has 0 bridgehead atoms. The Hall–Kier alpha value is -0.800. The van der Waals surface area contributed by atoms with Gasteiger partial charge >= 0.3 is 0 Å². The molecule has 2 N–H and O–H groups in total. The van der Waals surface area contributed by atoms with E-state index in [9.17, 15) is 0 Å². The van der Waals surface area contributed by atoms with Gasteiger partial charge in [-0.1, -0.05) is 32.4 Å². The molecule has 0 aliphatic carbocycles. The van der Waals surface area contributed by atoms with E-state index in [0.717, 1.165) is 17.9 Å². The molecular formula is C12H20ClN3. The van der Waals surface area contributed by atoms with Crippen LogP contribution in [-0.2, 0) is 6.54 Å². The van der Waals surface area contributed by atoms with Gasteiger partial charge in [0.15, 0.2) is 0 Å². The molecule has 1 heterocycles. The molecule has 16 heavy (non-hydrogen) atoms. The number of anilines is 1. The third kappa shape index (κ3) is 3.65. The fraction of sp³-hybridized carbons (Fsp3) is 0.583. The molecule has 0 fully saturated rings. The van der Waals surface area contributed by atoms with Gasteiger partial charge in [-0.25, -0.2) is 4.98 Å². The van der Waals surface area contributed by atoms with Crippen LogP contribution in [-0.4, -0.2) is 18.6 Å². The van der Waals surface area contributed by atoms with Crippen LogP contribution in [0.3, 0.4) is 0 Å². The van der Waals surface area contributed by atoms with Crippen molar-refractivity contribution in [1.82, 2.24) is 4.98 Å². The van der Waals surface area contributed by atoms with Crippen molar-refractivity contribution in [2.45, 2.75) is 27.3 Å². The fourth-order valence-electron chi connectivity index (χ4n) is 1.63. The fourth-order valence-corrected chi connectivity index (χ4v) is 1.81. The predicted molar refractivity (Wildman–Crippen MR) is 69.9 cm³/mol. The van der Waals surface area contributed by atoms with Gasteiger partial charge < -0.3 is 10.6 Å². The van der Waals surface area contributed by atoms with Gasteiger partial charge in [0, 0.05) is 26.3 Å².